The second-order valence-electron chi connectivity index (χ2n) is 4.66. The first-order chi connectivity index (χ1) is 10.2. The van der Waals surface area contributed by atoms with Gasteiger partial charge in [-0.25, -0.2) is 9.97 Å². The summed E-state index contributed by atoms with van der Waals surface area (Å²) in [6.45, 7) is 8.82. The predicted molar refractivity (Wildman–Crippen MR) is 87.9 cm³/mol. The van der Waals surface area contributed by atoms with Crippen LogP contribution in [0.1, 0.15) is 30.8 Å². The second kappa shape index (κ2) is 7.95. The van der Waals surface area contributed by atoms with E-state index in [1.807, 2.05) is 19.9 Å². The molecule has 2 heterocycles. The summed E-state index contributed by atoms with van der Waals surface area (Å²) >= 11 is 1.72. The number of nitrogens with one attached hydrogen (secondary N) is 2. The van der Waals surface area contributed by atoms with E-state index in [9.17, 15) is 0 Å². The minimum atomic E-state index is 0.432. The number of rotatable bonds is 8. The maximum Gasteiger partial charge on any atom is 0.158 e. The van der Waals surface area contributed by atoms with Crippen molar-refractivity contribution in [1.82, 2.24) is 9.97 Å². The Morgan fingerprint density at radius 1 is 1.14 bits per heavy atom. The fourth-order valence-corrected chi connectivity index (χ4v) is 2.73. The number of hydrogen-bond donors (Lipinski definition) is 2. The van der Waals surface area contributed by atoms with Gasteiger partial charge in [0.05, 0.1) is 0 Å². The third kappa shape index (κ3) is 4.68. The molecule has 6 heteroatoms. The van der Waals surface area contributed by atoms with Gasteiger partial charge in [0.25, 0.3) is 0 Å². The molecule has 0 saturated heterocycles. The van der Waals surface area contributed by atoms with E-state index >= 15 is 0 Å². The van der Waals surface area contributed by atoms with Gasteiger partial charge in [-0.1, -0.05) is 0 Å². The van der Waals surface area contributed by atoms with Crippen molar-refractivity contribution in [2.45, 2.75) is 33.9 Å². The van der Waals surface area contributed by atoms with Gasteiger partial charge in [0.2, 0.25) is 0 Å². The van der Waals surface area contributed by atoms with Crippen LogP contribution < -0.4 is 10.6 Å². The van der Waals surface area contributed by atoms with Gasteiger partial charge >= 0.3 is 0 Å². The predicted octanol–water partition coefficient (Wildman–Crippen LogP) is 3.43. The molecule has 0 atom stereocenters. The molecule has 0 aliphatic heterocycles. The SMILES string of the molecule is CCNc1cc(NCc2cscc2C)nc(COCC)n1. The minimum Gasteiger partial charge on any atom is -0.374 e. The molecule has 2 aromatic rings. The molecule has 5 nitrogen and oxygen atoms in total. The first-order valence-electron chi connectivity index (χ1n) is 7.18. The fourth-order valence-electron chi connectivity index (χ4n) is 1.87. The number of anilines is 2. The molecule has 0 fully saturated rings. The largest absolute Gasteiger partial charge is 0.374 e. The summed E-state index contributed by atoms with van der Waals surface area (Å²) in [6.07, 6.45) is 0. The Balaban J connectivity index is 2.09. The Morgan fingerprint density at radius 3 is 2.52 bits per heavy atom. The molecule has 0 aliphatic carbocycles. The van der Waals surface area contributed by atoms with Crippen molar-refractivity contribution in [3.63, 3.8) is 0 Å². The smallest absolute Gasteiger partial charge is 0.158 e. The van der Waals surface area contributed by atoms with Crippen LogP contribution in [0.15, 0.2) is 16.8 Å². The number of aryl methyl sites for hydroxylation is 1. The standard InChI is InChI=1S/C15H22N4OS/c1-4-16-13-6-14(19-15(18-13)8-20-5-2)17-7-12-10-21-9-11(12)3/h6,9-10H,4-5,7-8H2,1-3H3,(H2,16,17,18,19). The average Bonchev–Trinajstić information content (AvgIpc) is 2.88. The van der Waals surface area contributed by atoms with Crippen LogP contribution in [-0.2, 0) is 17.9 Å². The number of thiophene rings is 1. The number of hydrogen-bond acceptors (Lipinski definition) is 6. The molecule has 114 valence electrons. The number of ether oxygens (including phenoxy) is 1. The van der Waals surface area contributed by atoms with E-state index in [4.69, 9.17) is 4.74 Å². The van der Waals surface area contributed by atoms with E-state index < -0.39 is 0 Å². The molecule has 2 N–H and O–H groups in total. The molecule has 0 aromatic carbocycles. The Hall–Kier alpha value is -1.66. The van der Waals surface area contributed by atoms with Crippen LogP contribution in [0.5, 0.6) is 0 Å². The van der Waals surface area contributed by atoms with Crippen LogP contribution in [0.25, 0.3) is 0 Å². The normalized spacial score (nSPS) is 10.6. The molecule has 0 amide bonds. The van der Waals surface area contributed by atoms with Crippen molar-refractivity contribution in [2.24, 2.45) is 0 Å². The lowest BCUT2D eigenvalue weighted by Gasteiger charge is -2.10. The van der Waals surface area contributed by atoms with Gasteiger partial charge < -0.3 is 15.4 Å². The van der Waals surface area contributed by atoms with Gasteiger partial charge in [-0.05, 0) is 42.7 Å². The summed E-state index contributed by atoms with van der Waals surface area (Å²) in [5.41, 5.74) is 2.61. The summed E-state index contributed by atoms with van der Waals surface area (Å²) in [6, 6.07) is 1.93. The number of aromatic nitrogens is 2. The Labute approximate surface area is 129 Å². The van der Waals surface area contributed by atoms with Crippen molar-refractivity contribution < 1.29 is 4.74 Å². The van der Waals surface area contributed by atoms with E-state index in [0.717, 1.165) is 24.7 Å². The van der Waals surface area contributed by atoms with Crippen LogP contribution in [0, 0.1) is 6.92 Å². The van der Waals surface area contributed by atoms with Crippen LogP contribution in [0.4, 0.5) is 11.6 Å². The van der Waals surface area contributed by atoms with Gasteiger partial charge in [-0.2, -0.15) is 11.3 Å². The minimum absolute atomic E-state index is 0.432. The highest BCUT2D eigenvalue weighted by Gasteiger charge is 2.06. The fraction of sp³-hybridized carbons (Fsp3) is 0.467. The molecular weight excluding hydrogens is 284 g/mol. The zero-order valence-corrected chi connectivity index (χ0v) is 13.6. The zero-order chi connectivity index (χ0) is 15.1. The molecule has 0 unspecified atom stereocenters. The molecule has 0 radical (unpaired) electrons. The van der Waals surface area contributed by atoms with Crippen molar-refractivity contribution in [3.05, 3.63) is 33.8 Å². The van der Waals surface area contributed by atoms with E-state index in [2.05, 4.69) is 38.3 Å². The highest BCUT2D eigenvalue weighted by molar-refractivity contribution is 7.08. The van der Waals surface area contributed by atoms with Crippen LogP contribution in [-0.4, -0.2) is 23.1 Å². The summed E-state index contributed by atoms with van der Waals surface area (Å²) in [5, 5.41) is 10.9. The van der Waals surface area contributed by atoms with E-state index in [0.29, 0.717) is 19.0 Å². The third-order valence-corrected chi connectivity index (χ3v) is 3.90. The Kier molecular flexibility index (Phi) is 5.95. The Bertz CT molecular complexity index is 571. The average molecular weight is 306 g/mol. The maximum absolute atomic E-state index is 5.40. The monoisotopic (exact) mass is 306 g/mol. The van der Waals surface area contributed by atoms with Gasteiger partial charge in [0.15, 0.2) is 5.82 Å². The summed E-state index contributed by atoms with van der Waals surface area (Å²) < 4.78 is 5.40. The lowest BCUT2D eigenvalue weighted by Crippen LogP contribution is -2.09. The van der Waals surface area contributed by atoms with Crippen LogP contribution in [0.3, 0.4) is 0 Å². The molecular formula is C15H22N4OS. The lowest BCUT2D eigenvalue weighted by molar-refractivity contribution is 0.128. The quantitative estimate of drug-likeness (QED) is 0.782. The Morgan fingerprint density at radius 2 is 1.90 bits per heavy atom. The van der Waals surface area contributed by atoms with Crippen LogP contribution in [0.2, 0.25) is 0 Å². The summed E-state index contributed by atoms with van der Waals surface area (Å²) in [4.78, 5) is 8.94. The molecule has 2 rings (SSSR count). The summed E-state index contributed by atoms with van der Waals surface area (Å²) in [5.74, 6) is 2.34. The van der Waals surface area contributed by atoms with Gasteiger partial charge in [-0.15, -0.1) is 0 Å². The molecule has 0 bridgehead atoms. The molecule has 0 aliphatic rings. The van der Waals surface area contributed by atoms with Gasteiger partial charge in [0, 0.05) is 25.8 Å². The molecule has 21 heavy (non-hydrogen) atoms. The second-order valence-corrected chi connectivity index (χ2v) is 5.40. The van der Waals surface area contributed by atoms with Crippen molar-refractivity contribution in [3.8, 4) is 0 Å². The molecule has 0 saturated carbocycles. The third-order valence-electron chi connectivity index (χ3n) is 2.99. The highest BCUT2D eigenvalue weighted by Crippen LogP contribution is 2.17. The van der Waals surface area contributed by atoms with Crippen molar-refractivity contribution in [1.29, 1.82) is 0 Å². The highest BCUT2D eigenvalue weighted by atomic mass is 32.1. The van der Waals surface area contributed by atoms with E-state index in [-0.39, 0.29) is 0 Å². The lowest BCUT2D eigenvalue weighted by atomic mass is 10.2. The topological polar surface area (TPSA) is 59.1 Å². The first kappa shape index (κ1) is 15.7. The van der Waals surface area contributed by atoms with Crippen LogP contribution >= 0.6 is 11.3 Å². The summed E-state index contributed by atoms with van der Waals surface area (Å²) in [7, 11) is 0. The van der Waals surface area contributed by atoms with E-state index in [1.165, 1.54) is 11.1 Å². The van der Waals surface area contributed by atoms with Gasteiger partial charge in [-0.3, -0.25) is 0 Å². The maximum atomic E-state index is 5.40. The number of nitrogens with zero attached hydrogens (tertiary/aromatic N) is 2. The zero-order valence-electron chi connectivity index (χ0n) is 12.8. The van der Waals surface area contributed by atoms with Crippen molar-refractivity contribution >= 4 is 23.0 Å². The first-order valence-corrected chi connectivity index (χ1v) is 8.12. The molecule has 0 spiro atoms. The van der Waals surface area contributed by atoms with Gasteiger partial charge in [0.1, 0.15) is 18.2 Å². The van der Waals surface area contributed by atoms with E-state index in [1.54, 1.807) is 11.3 Å². The molecule has 2 aromatic heterocycles. The van der Waals surface area contributed by atoms with Crippen molar-refractivity contribution in [2.75, 3.05) is 23.8 Å².